The number of ether oxygens (including phenoxy) is 1. The van der Waals surface area contributed by atoms with Crippen molar-refractivity contribution < 1.29 is 9.84 Å². The van der Waals surface area contributed by atoms with Gasteiger partial charge in [-0.3, -0.25) is 0 Å². The zero-order valence-electron chi connectivity index (χ0n) is 10.8. The van der Waals surface area contributed by atoms with Crippen molar-refractivity contribution in [2.45, 2.75) is 19.8 Å². The molecule has 2 heteroatoms. The molecule has 0 saturated carbocycles. The molecule has 0 heterocycles. The molecule has 0 saturated heterocycles. The summed E-state index contributed by atoms with van der Waals surface area (Å²) < 4.78 is 5.14. The van der Waals surface area contributed by atoms with Crippen molar-refractivity contribution in [3.8, 4) is 22.6 Å². The van der Waals surface area contributed by atoms with E-state index in [1.165, 1.54) is 5.56 Å². The zero-order chi connectivity index (χ0) is 13.0. The molecule has 0 radical (unpaired) electrons. The minimum Gasteiger partial charge on any atom is -0.507 e. The van der Waals surface area contributed by atoms with Crippen LogP contribution in [0.15, 0.2) is 42.5 Å². The lowest BCUT2D eigenvalue weighted by atomic mass is 10.00. The van der Waals surface area contributed by atoms with Gasteiger partial charge in [0.25, 0.3) is 0 Å². The number of phenols is 1. The number of aromatic hydroxyl groups is 1. The highest BCUT2D eigenvalue weighted by Crippen LogP contribution is 2.31. The normalized spacial score (nSPS) is 10.3. The second-order valence-electron chi connectivity index (χ2n) is 4.33. The average Bonchev–Trinajstić information content (AvgIpc) is 2.41. The van der Waals surface area contributed by atoms with Gasteiger partial charge in [0.15, 0.2) is 0 Å². The van der Waals surface area contributed by atoms with E-state index in [9.17, 15) is 5.11 Å². The topological polar surface area (TPSA) is 29.5 Å². The minimum absolute atomic E-state index is 0.319. The molecule has 0 fully saturated rings. The number of methoxy groups -OCH3 is 1. The summed E-state index contributed by atoms with van der Waals surface area (Å²) in [7, 11) is 1.65. The van der Waals surface area contributed by atoms with Gasteiger partial charge in [-0.25, -0.2) is 0 Å². The van der Waals surface area contributed by atoms with Crippen LogP contribution in [0.25, 0.3) is 11.1 Å². The average molecular weight is 242 g/mol. The molecule has 0 aromatic heterocycles. The van der Waals surface area contributed by atoms with Crippen molar-refractivity contribution in [2.24, 2.45) is 0 Å². The van der Waals surface area contributed by atoms with Crippen LogP contribution in [0, 0.1) is 0 Å². The molecule has 1 N–H and O–H groups in total. The molecule has 2 aromatic rings. The number of aryl methyl sites for hydroxylation is 1. The van der Waals surface area contributed by atoms with Crippen LogP contribution in [-0.4, -0.2) is 12.2 Å². The molecule has 94 valence electrons. The summed E-state index contributed by atoms with van der Waals surface area (Å²) in [5, 5.41) is 9.95. The molecule has 0 unspecified atom stereocenters. The second-order valence-corrected chi connectivity index (χ2v) is 4.33. The van der Waals surface area contributed by atoms with Crippen molar-refractivity contribution in [3.05, 3.63) is 48.0 Å². The first kappa shape index (κ1) is 12.5. The lowest BCUT2D eigenvalue weighted by molar-refractivity contribution is 0.415. The Labute approximate surface area is 108 Å². The summed E-state index contributed by atoms with van der Waals surface area (Å²) in [5.41, 5.74) is 3.14. The lowest BCUT2D eigenvalue weighted by Crippen LogP contribution is -1.87. The molecule has 2 nitrogen and oxygen atoms in total. The smallest absolute Gasteiger partial charge is 0.123 e. The maximum absolute atomic E-state index is 9.95. The molecule has 0 aliphatic carbocycles. The third kappa shape index (κ3) is 2.65. The summed E-state index contributed by atoms with van der Waals surface area (Å²) in [6.07, 6.45) is 2.14. The van der Waals surface area contributed by atoms with Crippen molar-refractivity contribution in [1.29, 1.82) is 0 Å². The van der Waals surface area contributed by atoms with E-state index in [4.69, 9.17) is 4.74 Å². The first-order valence-electron chi connectivity index (χ1n) is 6.21. The van der Waals surface area contributed by atoms with Crippen molar-refractivity contribution in [1.82, 2.24) is 0 Å². The van der Waals surface area contributed by atoms with Gasteiger partial charge in [0, 0.05) is 5.56 Å². The van der Waals surface area contributed by atoms with E-state index in [1.807, 2.05) is 30.3 Å². The summed E-state index contributed by atoms with van der Waals surface area (Å²) in [5.74, 6) is 1.14. The fourth-order valence-corrected chi connectivity index (χ4v) is 2.03. The molecule has 2 aromatic carbocycles. The van der Waals surface area contributed by atoms with E-state index in [0.29, 0.717) is 5.75 Å². The Balaban J connectivity index is 2.38. The van der Waals surface area contributed by atoms with Gasteiger partial charge >= 0.3 is 0 Å². The Morgan fingerprint density at radius 1 is 1.06 bits per heavy atom. The number of rotatable bonds is 4. The number of benzene rings is 2. The fraction of sp³-hybridized carbons (Fsp3) is 0.250. The van der Waals surface area contributed by atoms with Gasteiger partial charge in [-0.2, -0.15) is 0 Å². The monoisotopic (exact) mass is 242 g/mol. The highest BCUT2D eigenvalue weighted by molar-refractivity contribution is 5.71. The quantitative estimate of drug-likeness (QED) is 0.877. The Bertz CT molecular complexity index is 515. The molecule has 0 aliphatic heterocycles. The van der Waals surface area contributed by atoms with Crippen LogP contribution in [0.3, 0.4) is 0 Å². The molecule has 0 atom stereocenters. The van der Waals surface area contributed by atoms with Crippen LogP contribution in [0.5, 0.6) is 11.5 Å². The van der Waals surface area contributed by atoms with Gasteiger partial charge in [0.1, 0.15) is 11.5 Å². The Morgan fingerprint density at radius 3 is 2.39 bits per heavy atom. The van der Waals surface area contributed by atoms with Crippen LogP contribution in [0.4, 0.5) is 0 Å². The lowest BCUT2D eigenvalue weighted by Gasteiger charge is -2.08. The maximum Gasteiger partial charge on any atom is 0.123 e. The van der Waals surface area contributed by atoms with Crippen molar-refractivity contribution in [2.75, 3.05) is 7.11 Å². The van der Waals surface area contributed by atoms with E-state index >= 15 is 0 Å². The van der Waals surface area contributed by atoms with Crippen molar-refractivity contribution in [3.63, 3.8) is 0 Å². The minimum atomic E-state index is 0.319. The standard InChI is InChI=1S/C16H18O2/c1-3-4-12-5-10-16(17)15(11-12)13-6-8-14(18-2)9-7-13/h5-11,17H,3-4H2,1-2H3. The second kappa shape index (κ2) is 5.58. The third-order valence-electron chi connectivity index (χ3n) is 3.00. The number of hydrogen-bond acceptors (Lipinski definition) is 2. The SMILES string of the molecule is CCCc1ccc(O)c(-c2ccc(OC)cc2)c1. The fourth-order valence-electron chi connectivity index (χ4n) is 2.03. The van der Waals surface area contributed by atoms with Crippen LogP contribution >= 0.6 is 0 Å². The van der Waals surface area contributed by atoms with Crippen LogP contribution < -0.4 is 4.74 Å². The molecule has 0 aliphatic rings. The first-order chi connectivity index (χ1) is 8.74. The molecule has 2 rings (SSSR count). The van der Waals surface area contributed by atoms with Gasteiger partial charge in [0.05, 0.1) is 7.11 Å². The summed E-state index contributed by atoms with van der Waals surface area (Å²) in [4.78, 5) is 0. The van der Waals surface area contributed by atoms with Crippen LogP contribution in [0.2, 0.25) is 0 Å². The highest BCUT2D eigenvalue weighted by Gasteiger charge is 2.05. The van der Waals surface area contributed by atoms with Crippen molar-refractivity contribution >= 4 is 0 Å². The van der Waals surface area contributed by atoms with Gasteiger partial charge in [-0.05, 0) is 41.8 Å². The molecule has 0 spiro atoms. The Hall–Kier alpha value is -1.96. The highest BCUT2D eigenvalue weighted by atomic mass is 16.5. The molecule has 0 amide bonds. The molecular weight excluding hydrogens is 224 g/mol. The molecular formula is C16H18O2. The number of phenolic OH excluding ortho intramolecular Hbond substituents is 1. The summed E-state index contributed by atoms with van der Waals surface area (Å²) in [6.45, 7) is 2.15. The van der Waals surface area contributed by atoms with Crippen LogP contribution in [-0.2, 0) is 6.42 Å². The largest absolute Gasteiger partial charge is 0.507 e. The maximum atomic E-state index is 9.95. The predicted octanol–water partition coefficient (Wildman–Crippen LogP) is 4.02. The number of hydrogen-bond donors (Lipinski definition) is 1. The third-order valence-corrected chi connectivity index (χ3v) is 3.00. The Morgan fingerprint density at radius 2 is 1.78 bits per heavy atom. The van der Waals surface area contributed by atoms with E-state index in [2.05, 4.69) is 13.0 Å². The van der Waals surface area contributed by atoms with E-state index in [1.54, 1.807) is 13.2 Å². The van der Waals surface area contributed by atoms with Gasteiger partial charge < -0.3 is 9.84 Å². The van der Waals surface area contributed by atoms with E-state index < -0.39 is 0 Å². The van der Waals surface area contributed by atoms with Gasteiger partial charge in [-0.15, -0.1) is 0 Å². The van der Waals surface area contributed by atoms with E-state index in [0.717, 1.165) is 29.7 Å². The molecule has 18 heavy (non-hydrogen) atoms. The van der Waals surface area contributed by atoms with Crippen LogP contribution in [0.1, 0.15) is 18.9 Å². The predicted molar refractivity (Wildman–Crippen MR) is 74.1 cm³/mol. The first-order valence-corrected chi connectivity index (χ1v) is 6.21. The van der Waals surface area contributed by atoms with Gasteiger partial charge in [0.2, 0.25) is 0 Å². The molecule has 0 bridgehead atoms. The summed E-state index contributed by atoms with van der Waals surface area (Å²) in [6, 6.07) is 13.5. The Kier molecular flexibility index (Phi) is 3.88. The zero-order valence-corrected chi connectivity index (χ0v) is 10.8. The summed E-state index contributed by atoms with van der Waals surface area (Å²) >= 11 is 0. The van der Waals surface area contributed by atoms with E-state index in [-0.39, 0.29) is 0 Å². The van der Waals surface area contributed by atoms with Gasteiger partial charge in [-0.1, -0.05) is 31.5 Å².